The molecule has 5 atom stereocenters. The SMILES string of the molecule is COC(=O)[C@H](Cc1ccccc1)NC(=O)NCc1ccc([C@H]2O[C@@H](Cn3cnc(Cl)c3Cl)[C@@H](C)[C@@H](c3ccc(CO)cc3)O2)cc1. The van der Waals surface area contributed by atoms with E-state index in [-0.39, 0.29) is 36.4 Å². The molecule has 5 rings (SSSR count). The number of urea groups is 1. The van der Waals surface area contributed by atoms with E-state index in [0.29, 0.717) is 18.1 Å². The zero-order valence-electron chi connectivity index (χ0n) is 25.4. The Morgan fingerprint density at radius 2 is 1.63 bits per heavy atom. The van der Waals surface area contributed by atoms with Crippen LogP contribution in [-0.4, -0.2) is 45.9 Å². The first-order valence-electron chi connectivity index (χ1n) is 14.9. The quantitative estimate of drug-likeness (QED) is 0.174. The number of imidazole rings is 1. The summed E-state index contributed by atoms with van der Waals surface area (Å²) in [5, 5.41) is 15.6. The van der Waals surface area contributed by atoms with Crippen molar-refractivity contribution in [1.29, 1.82) is 0 Å². The maximum Gasteiger partial charge on any atom is 0.328 e. The molecule has 0 unspecified atom stereocenters. The Balaban J connectivity index is 1.26. The third kappa shape index (κ3) is 8.26. The van der Waals surface area contributed by atoms with Crippen molar-refractivity contribution >= 4 is 35.2 Å². The number of nitrogens with one attached hydrogen (secondary N) is 2. The van der Waals surface area contributed by atoms with Crippen LogP contribution < -0.4 is 10.6 Å². The number of benzene rings is 3. The van der Waals surface area contributed by atoms with Crippen LogP contribution in [0.1, 0.15) is 47.1 Å². The van der Waals surface area contributed by atoms with Crippen LogP contribution in [0.3, 0.4) is 0 Å². The minimum absolute atomic E-state index is 0.0436. The summed E-state index contributed by atoms with van der Waals surface area (Å²) < 4.78 is 19.6. The van der Waals surface area contributed by atoms with Crippen LogP contribution in [0.25, 0.3) is 0 Å². The van der Waals surface area contributed by atoms with E-state index < -0.39 is 24.3 Å². The molecule has 3 N–H and O–H groups in total. The molecule has 2 amide bonds. The number of carbonyl (C=O) groups excluding carboxylic acids is 2. The summed E-state index contributed by atoms with van der Waals surface area (Å²) >= 11 is 12.5. The van der Waals surface area contributed by atoms with E-state index in [9.17, 15) is 14.7 Å². The Bertz CT molecular complexity index is 1600. The van der Waals surface area contributed by atoms with Gasteiger partial charge in [0.25, 0.3) is 0 Å². The lowest BCUT2D eigenvalue weighted by Crippen LogP contribution is -2.47. The Morgan fingerprint density at radius 3 is 2.26 bits per heavy atom. The molecule has 10 nitrogen and oxygen atoms in total. The number of methoxy groups -OCH3 is 1. The van der Waals surface area contributed by atoms with Gasteiger partial charge in [0.1, 0.15) is 11.2 Å². The van der Waals surface area contributed by atoms with E-state index in [1.165, 1.54) is 7.11 Å². The topological polar surface area (TPSA) is 124 Å². The molecule has 0 aliphatic carbocycles. The number of hydrogen-bond donors (Lipinski definition) is 3. The maximum absolute atomic E-state index is 12.7. The first kappa shape index (κ1) is 33.4. The van der Waals surface area contributed by atoms with E-state index in [1.807, 2.05) is 78.9 Å². The van der Waals surface area contributed by atoms with Gasteiger partial charge < -0.3 is 34.5 Å². The van der Waals surface area contributed by atoms with Gasteiger partial charge in [-0.05, 0) is 22.3 Å². The average molecular weight is 668 g/mol. The predicted octanol–water partition coefficient (Wildman–Crippen LogP) is 5.76. The molecule has 242 valence electrons. The largest absolute Gasteiger partial charge is 0.467 e. The fourth-order valence-electron chi connectivity index (χ4n) is 5.36. The number of esters is 1. The molecule has 1 aromatic heterocycles. The predicted molar refractivity (Wildman–Crippen MR) is 173 cm³/mol. The van der Waals surface area contributed by atoms with Crippen molar-refractivity contribution in [1.82, 2.24) is 20.2 Å². The van der Waals surface area contributed by atoms with E-state index in [2.05, 4.69) is 22.5 Å². The zero-order chi connectivity index (χ0) is 32.6. The van der Waals surface area contributed by atoms with Crippen LogP contribution in [0, 0.1) is 5.92 Å². The van der Waals surface area contributed by atoms with Gasteiger partial charge in [-0.3, -0.25) is 0 Å². The Kier molecular flexibility index (Phi) is 11.3. The molecule has 1 fully saturated rings. The first-order valence-corrected chi connectivity index (χ1v) is 15.6. The number of rotatable bonds is 11. The molecule has 2 heterocycles. The molecule has 4 aromatic rings. The van der Waals surface area contributed by atoms with Gasteiger partial charge in [0.05, 0.1) is 38.8 Å². The molecule has 0 bridgehead atoms. The second-order valence-electron chi connectivity index (χ2n) is 11.1. The lowest BCUT2D eigenvalue weighted by molar-refractivity contribution is -0.276. The Hall–Kier alpha value is -3.93. The van der Waals surface area contributed by atoms with Crippen LogP contribution in [0.2, 0.25) is 10.3 Å². The fraction of sp³-hybridized carbons (Fsp3) is 0.324. The minimum Gasteiger partial charge on any atom is -0.467 e. The van der Waals surface area contributed by atoms with E-state index in [0.717, 1.165) is 27.8 Å². The fourth-order valence-corrected chi connectivity index (χ4v) is 5.68. The highest BCUT2D eigenvalue weighted by Gasteiger charge is 2.39. The van der Waals surface area contributed by atoms with Gasteiger partial charge in [0.15, 0.2) is 11.4 Å². The lowest BCUT2D eigenvalue weighted by Gasteiger charge is -2.41. The van der Waals surface area contributed by atoms with Crippen molar-refractivity contribution in [3.63, 3.8) is 0 Å². The van der Waals surface area contributed by atoms with E-state index in [4.69, 9.17) is 37.4 Å². The molecular weight excluding hydrogens is 631 g/mol. The van der Waals surface area contributed by atoms with Gasteiger partial charge in [-0.1, -0.05) is 109 Å². The van der Waals surface area contributed by atoms with Crippen LogP contribution in [0.4, 0.5) is 4.79 Å². The number of ether oxygens (including phenoxy) is 3. The minimum atomic E-state index is -0.827. The smallest absolute Gasteiger partial charge is 0.328 e. The van der Waals surface area contributed by atoms with Crippen LogP contribution in [-0.2, 0) is 45.1 Å². The number of aromatic nitrogens is 2. The summed E-state index contributed by atoms with van der Waals surface area (Å²) in [6.07, 6.45) is 0.600. The highest BCUT2D eigenvalue weighted by Crippen LogP contribution is 2.42. The Morgan fingerprint density at radius 1 is 0.957 bits per heavy atom. The van der Waals surface area contributed by atoms with Crippen molar-refractivity contribution in [2.75, 3.05) is 7.11 Å². The van der Waals surface area contributed by atoms with Gasteiger partial charge in [-0.2, -0.15) is 0 Å². The van der Waals surface area contributed by atoms with Crippen molar-refractivity contribution < 1.29 is 28.9 Å². The molecule has 1 aliphatic rings. The third-order valence-electron chi connectivity index (χ3n) is 8.01. The van der Waals surface area contributed by atoms with Gasteiger partial charge in [-0.15, -0.1) is 0 Å². The zero-order valence-corrected chi connectivity index (χ0v) is 26.9. The number of nitrogens with zero attached hydrogens (tertiary/aromatic N) is 2. The summed E-state index contributed by atoms with van der Waals surface area (Å²) in [5.41, 5.74) is 4.31. The molecule has 1 aliphatic heterocycles. The molecule has 1 saturated heterocycles. The number of aliphatic hydroxyl groups excluding tert-OH is 1. The highest BCUT2D eigenvalue weighted by molar-refractivity contribution is 6.40. The maximum atomic E-state index is 12.7. The summed E-state index contributed by atoms with van der Waals surface area (Å²) in [6.45, 7) is 2.66. The summed E-state index contributed by atoms with van der Waals surface area (Å²) in [4.78, 5) is 29.1. The van der Waals surface area contributed by atoms with Crippen molar-refractivity contribution in [2.45, 2.75) is 57.6 Å². The van der Waals surface area contributed by atoms with Crippen molar-refractivity contribution in [2.24, 2.45) is 5.92 Å². The standard InChI is InChI=1S/C34H36Cl2N4O6/c1-21-28(18-40-20-38-30(35)31(40)36)45-33(46-29(21)25-12-10-24(19-41)11-13-25)26-14-8-23(9-15-26)17-37-34(43)39-27(32(42)44-2)16-22-6-4-3-5-7-22/h3-15,20-21,27-29,33,41H,16-19H2,1-2H3,(H2,37,39,43)/t21-,27+,28+,29+,33+/m1/s1. The van der Waals surface area contributed by atoms with Gasteiger partial charge in [-0.25, -0.2) is 14.6 Å². The van der Waals surface area contributed by atoms with Gasteiger partial charge in [0.2, 0.25) is 0 Å². The summed E-state index contributed by atoms with van der Waals surface area (Å²) in [6, 6.07) is 23.3. The molecular formula is C34H36Cl2N4O6. The van der Waals surface area contributed by atoms with E-state index in [1.54, 1.807) is 10.9 Å². The number of hydrogen-bond acceptors (Lipinski definition) is 7. The second kappa shape index (κ2) is 15.6. The third-order valence-corrected chi connectivity index (χ3v) is 8.78. The molecule has 12 heteroatoms. The summed E-state index contributed by atoms with van der Waals surface area (Å²) in [7, 11) is 1.29. The first-order chi connectivity index (χ1) is 22.2. The molecule has 0 radical (unpaired) electrons. The monoisotopic (exact) mass is 666 g/mol. The van der Waals surface area contributed by atoms with Crippen molar-refractivity contribution in [3.05, 3.63) is 123 Å². The van der Waals surface area contributed by atoms with Crippen LogP contribution >= 0.6 is 23.2 Å². The molecule has 0 saturated carbocycles. The molecule has 0 spiro atoms. The Labute approximate surface area is 277 Å². The molecule has 3 aromatic carbocycles. The number of aliphatic hydroxyl groups is 1. The number of carbonyl (C=O) groups is 2. The van der Waals surface area contributed by atoms with Crippen LogP contribution in [0.15, 0.2) is 85.2 Å². The second-order valence-corrected chi connectivity index (χ2v) is 11.9. The average Bonchev–Trinajstić information content (AvgIpc) is 3.40. The van der Waals surface area contributed by atoms with Gasteiger partial charge in [0, 0.05) is 24.4 Å². The lowest BCUT2D eigenvalue weighted by atomic mass is 9.90. The number of halogens is 2. The normalized spacial score (nSPS) is 20.1. The van der Waals surface area contributed by atoms with Crippen LogP contribution in [0.5, 0.6) is 0 Å². The number of amides is 2. The van der Waals surface area contributed by atoms with Gasteiger partial charge >= 0.3 is 12.0 Å². The van der Waals surface area contributed by atoms with Crippen molar-refractivity contribution in [3.8, 4) is 0 Å². The van der Waals surface area contributed by atoms with E-state index >= 15 is 0 Å². The highest BCUT2D eigenvalue weighted by atomic mass is 35.5. The molecule has 46 heavy (non-hydrogen) atoms. The summed E-state index contributed by atoms with van der Waals surface area (Å²) in [5.74, 6) is -0.587.